The van der Waals surface area contributed by atoms with Gasteiger partial charge in [-0.2, -0.15) is 0 Å². The Hall–Kier alpha value is -1.39. The Morgan fingerprint density at radius 2 is 2.25 bits per heavy atom. The van der Waals surface area contributed by atoms with Crippen LogP contribution in [0.25, 0.3) is 0 Å². The van der Waals surface area contributed by atoms with Gasteiger partial charge in [0, 0.05) is 22.7 Å². The Balaban J connectivity index is 2.51. The van der Waals surface area contributed by atoms with E-state index in [9.17, 15) is 14.7 Å². The summed E-state index contributed by atoms with van der Waals surface area (Å²) in [6.07, 6.45) is -0.229. The Morgan fingerprint density at radius 3 is 2.88 bits per heavy atom. The number of Topliss-reactive ketones (excluding diaryl/α,β-unsaturated/α-hetero) is 1. The van der Waals surface area contributed by atoms with E-state index in [0.29, 0.717) is 16.3 Å². The van der Waals surface area contributed by atoms with E-state index in [1.54, 1.807) is 18.2 Å². The Kier molecular flexibility index (Phi) is 2.48. The second-order valence-corrected chi connectivity index (χ2v) is 4.32. The molecule has 0 aromatic heterocycles. The number of rotatable bonds is 2. The number of anilines is 1. The molecular formula is C11H10ClNO3. The number of hydrogen-bond acceptors (Lipinski definition) is 3. The number of benzene rings is 1. The SMILES string of the molecule is CC(=O)C[C@]1(O)C(=O)Nc2cc(Cl)ccc21. The summed E-state index contributed by atoms with van der Waals surface area (Å²) >= 11 is 5.77. The third kappa shape index (κ3) is 1.60. The van der Waals surface area contributed by atoms with E-state index in [2.05, 4.69) is 5.32 Å². The third-order valence-electron chi connectivity index (χ3n) is 2.56. The van der Waals surface area contributed by atoms with Gasteiger partial charge in [0.2, 0.25) is 0 Å². The number of halogens is 1. The number of amides is 1. The minimum Gasteiger partial charge on any atom is -0.375 e. The van der Waals surface area contributed by atoms with E-state index >= 15 is 0 Å². The second-order valence-electron chi connectivity index (χ2n) is 3.88. The lowest BCUT2D eigenvalue weighted by molar-refractivity contribution is -0.139. The molecule has 1 aliphatic rings. The van der Waals surface area contributed by atoms with Crippen LogP contribution in [0.15, 0.2) is 18.2 Å². The molecule has 0 saturated heterocycles. The van der Waals surface area contributed by atoms with Crippen molar-refractivity contribution in [2.75, 3.05) is 5.32 Å². The maximum absolute atomic E-state index is 11.6. The highest BCUT2D eigenvalue weighted by Gasteiger charge is 2.45. The number of nitrogens with one attached hydrogen (secondary N) is 1. The van der Waals surface area contributed by atoms with Crippen molar-refractivity contribution in [2.45, 2.75) is 18.9 Å². The smallest absolute Gasteiger partial charge is 0.261 e. The van der Waals surface area contributed by atoms with Crippen molar-refractivity contribution in [3.8, 4) is 0 Å². The molecule has 0 unspecified atom stereocenters. The zero-order chi connectivity index (χ0) is 11.9. The van der Waals surface area contributed by atoms with Gasteiger partial charge in [-0.05, 0) is 19.1 Å². The summed E-state index contributed by atoms with van der Waals surface area (Å²) in [7, 11) is 0. The first kappa shape index (κ1) is 11.1. The van der Waals surface area contributed by atoms with Crippen LogP contribution in [0.3, 0.4) is 0 Å². The lowest BCUT2D eigenvalue weighted by atomic mass is 9.90. The number of hydrogen-bond donors (Lipinski definition) is 2. The average Bonchev–Trinajstić information content (AvgIpc) is 2.37. The summed E-state index contributed by atoms with van der Waals surface area (Å²) < 4.78 is 0. The molecule has 84 valence electrons. The first-order chi connectivity index (χ1) is 7.43. The molecule has 2 N–H and O–H groups in total. The second kappa shape index (κ2) is 3.57. The van der Waals surface area contributed by atoms with Gasteiger partial charge >= 0.3 is 0 Å². The highest BCUT2D eigenvalue weighted by molar-refractivity contribution is 6.31. The van der Waals surface area contributed by atoms with Crippen molar-refractivity contribution in [1.82, 2.24) is 0 Å². The predicted octanol–water partition coefficient (Wildman–Crippen LogP) is 1.46. The number of carbonyl (C=O) groups is 2. The normalized spacial score (nSPS) is 22.8. The maximum atomic E-state index is 11.6. The van der Waals surface area contributed by atoms with E-state index in [1.165, 1.54) is 6.92 Å². The first-order valence-corrected chi connectivity index (χ1v) is 5.14. The van der Waals surface area contributed by atoms with Gasteiger partial charge in [0.05, 0.1) is 0 Å². The molecule has 1 atom stereocenters. The van der Waals surface area contributed by atoms with Gasteiger partial charge in [0.15, 0.2) is 5.60 Å². The molecule has 0 saturated carbocycles. The van der Waals surface area contributed by atoms with Crippen molar-refractivity contribution < 1.29 is 14.7 Å². The minimum atomic E-state index is -1.76. The van der Waals surface area contributed by atoms with Gasteiger partial charge in [-0.1, -0.05) is 17.7 Å². The number of aliphatic hydroxyl groups is 1. The summed E-state index contributed by atoms with van der Waals surface area (Å²) in [5.41, 5.74) is -0.899. The third-order valence-corrected chi connectivity index (χ3v) is 2.79. The Morgan fingerprint density at radius 1 is 1.56 bits per heavy atom. The highest BCUT2D eigenvalue weighted by atomic mass is 35.5. The van der Waals surface area contributed by atoms with E-state index in [1.807, 2.05) is 0 Å². The summed E-state index contributed by atoms with van der Waals surface area (Å²) in [5, 5.41) is 13.2. The number of fused-ring (bicyclic) bond motifs is 1. The van der Waals surface area contributed by atoms with Crippen LogP contribution in [0.1, 0.15) is 18.9 Å². The van der Waals surface area contributed by atoms with Crippen LogP contribution in [0.2, 0.25) is 5.02 Å². The number of ketones is 1. The van der Waals surface area contributed by atoms with Gasteiger partial charge < -0.3 is 10.4 Å². The molecule has 16 heavy (non-hydrogen) atoms. The summed E-state index contributed by atoms with van der Waals surface area (Å²) in [4.78, 5) is 22.7. The maximum Gasteiger partial charge on any atom is 0.261 e. The van der Waals surface area contributed by atoms with Crippen molar-refractivity contribution in [3.05, 3.63) is 28.8 Å². The lowest BCUT2D eigenvalue weighted by Crippen LogP contribution is -2.35. The van der Waals surface area contributed by atoms with Crippen molar-refractivity contribution in [2.24, 2.45) is 0 Å². The van der Waals surface area contributed by atoms with Crippen molar-refractivity contribution >= 4 is 29.0 Å². The molecule has 1 aromatic carbocycles. The quantitative estimate of drug-likeness (QED) is 0.821. The molecule has 0 spiro atoms. The van der Waals surface area contributed by atoms with Crippen LogP contribution in [0, 0.1) is 0 Å². The van der Waals surface area contributed by atoms with E-state index in [0.717, 1.165) is 0 Å². The molecule has 0 fully saturated rings. The summed E-state index contributed by atoms with van der Waals surface area (Å²) in [6.45, 7) is 1.33. The minimum absolute atomic E-state index is 0.229. The van der Waals surface area contributed by atoms with E-state index < -0.39 is 11.5 Å². The molecule has 2 rings (SSSR count). The largest absolute Gasteiger partial charge is 0.375 e. The van der Waals surface area contributed by atoms with Gasteiger partial charge in [-0.15, -0.1) is 0 Å². The van der Waals surface area contributed by atoms with Crippen LogP contribution in [-0.4, -0.2) is 16.8 Å². The Bertz CT molecular complexity index is 486. The molecular weight excluding hydrogens is 230 g/mol. The molecule has 1 aromatic rings. The van der Waals surface area contributed by atoms with Crippen molar-refractivity contribution in [1.29, 1.82) is 0 Å². The van der Waals surface area contributed by atoms with E-state index in [-0.39, 0.29) is 12.2 Å². The fourth-order valence-electron chi connectivity index (χ4n) is 1.86. The topological polar surface area (TPSA) is 66.4 Å². The van der Waals surface area contributed by atoms with Crippen LogP contribution in [0.5, 0.6) is 0 Å². The first-order valence-electron chi connectivity index (χ1n) is 4.77. The highest BCUT2D eigenvalue weighted by Crippen LogP contribution is 2.39. The Labute approximate surface area is 97.2 Å². The molecule has 0 bridgehead atoms. The standard InChI is InChI=1S/C11H10ClNO3/c1-6(14)5-11(16)8-3-2-7(12)4-9(8)13-10(11)15/h2-4,16H,5H2,1H3,(H,13,15)/t11-/m1/s1. The molecule has 1 heterocycles. The van der Waals surface area contributed by atoms with Crippen LogP contribution < -0.4 is 5.32 Å². The summed E-state index contributed by atoms with van der Waals surface area (Å²) in [5.74, 6) is -0.833. The van der Waals surface area contributed by atoms with Gasteiger partial charge in [-0.25, -0.2) is 0 Å². The molecule has 1 amide bonds. The van der Waals surface area contributed by atoms with Gasteiger partial charge in [0.1, 0.15) is 5.78 Å². The zero-order valence-corrected chi connectivity index (χ0v) is 9.34. The predicted molar refractivity (Wildman–Crippen MR) is 59.3 cm³/mol. The molecule has 4 nitrogen and oxygen atoms in total. The van der Waals surface area contributed by atoms with Crippen molar-refractivity contribution in [3.63, 3.8) is 0 Å². The van der Waals surface area contributed by atoms with Gasteiger partial charge in [0.25, 0.3) is 5.91 Å². The van der Waals surface area contributed by atoms with E-state index in [4.69, 9.17) is 11.6 Å². The molecule has 0 aliphatic carbocycles. The zero-order valence-electron chi connectivity index (χ0n) is 8.58. The molecule has 1 aliphatic heterocycles. The fourth-order valence-corrected chi connectivity index (χ4v) is 2.04. The fraction of sp³-hybridized carbons (Fsp3) is 0.273. The monoisotopic (exact) mass is 239 g/mol. The summed E-state index contributed by atoms with van der Waals surface area (Å²) in [6, 6.07) is 4.68. The molecule has 0 radical (unpaired) electrons. The average molecular weight is 240 g/mol. The van der Waals surface area contributed by atoms with Gasteiger partial charge in [-0.3, -0.25) is 9.59 Å². The van der Waals surface area contributed by atoms with Crippen LogP contribution in [0.4, 0.5) is 5.69 Å². The molecule has 5 heteroatoms. The lowest BCUT2D eigenvalue weighted by Gasteiger charge is -2.18. The van der Waals surface area contributed by atoms with Crippen LogP contribution in [-0.2, 0) is 15.2 Å². The number of carbonyl (C=O) groups excluding carboxylic acids is 2. The van der Waals surface area contributed by atoms with Crippen LogP contribution >= 0.6 is 11.6 Å².